The smallest absolute Gasteiger partial charge is 0.328 e. The van der Waals surface area contributed by atoms with E-state index in [0.717, 1.165) is 25.3 Å². The second kappa shape index (κ2) is 8.72. The molecule has 1 atom stereocenters. The summed E-state index contributed by atoms with van der Waals surface area (Å²) in [4.78, 5) is 24.1. The van der Waals surface area contributed by atoms with Gasteiger partial charge in [-0.25, -0.2) is 22.0 Å². The Morgan fingerprint density at radius 3 is 2.37 bits per heavy atom. The molecule has 0 aromatic heterocycles. The lowest BCUT2D eigenvalue weighted by molar-refractivity contribution is -0.142. The largest absolute Gasteiger partial charge is 0.467 e. The van der Waals surface area contributed by atoms with Gasteiger partial charge in [-0.15, -0.1) is 0 Å². The molecule has 1 amide bonds. The molecule has 0 radical (unpaired) electrons. The molecular weight excluding hydrogens is 380 g/mol. The summed E-state index contributed by atoms with van der Waals surface area (Å²) in [7, 11) is -2.64. The summed E-state index contributed by atoms with van der Waals surface area (Å²) in [6.45, 7) is 0. The zero-order chi connectivity index (χ0) is 20.0. The van der Waals surface area contributed by atoms with Crippen molar-refractivity contribution in [2.24, 2.45) is 0 Å². The fraction of sp³-hybridized carbons (Fsp3) is 0.222. The molecule has 2 rings (SSSR count). The Labute approximate surface area is 155 Å². The molecule has 0 heterocycles. The fourth-order valence-corrected chi connectivity index (χ4v) is 3.68. The van der Waals surface area contributed by atoms with E-state index in [-0.39, 0.29) is 11.3 Å². The minimum Gasteiger partial charge on any atom is -0.467 e. The molecule has 0 saturated heterocycles. The quantitative estimate of drug-likeness (QED) is 0.723. The Bertz CT molecular complexity index is 932. The number of hydrogen-bond acceptors (Lipinski definition) is 5. The van der Waals surface area contributed by atoms with E-state index in [1.807, 2.05) is 0 Å². The van der Waals surface area contributed by atoms with Gasteiger partial charge >= 0.3 is 5.97 Å². The number of esters is 1. The molecule has 9 heteroatoms. The summed E-state index contributed by atoms with van der Waals surface area (Å²) in [6.07, 6.45) is -0.299. The molecule has 0 fully saturated rings. The second-order valence-corrected chi connectivity index (χ2v) is 7.68. The molecule has 0 unspecified atom stereocenters. The van der Waals surface area contributed by atoms with Gasteiger partial charge in [0.1, 0.15) is 6.04 Å². The molecule has 2 aromatic rings. The SMILES string of the molecule is COC(=O)[C@H](CCS(=O)(=O)c1ccccc1)NC(=O)c1cccc(F)c1F. The minimum atomic E-state index is -3.71. The van der Waals surface area contributed by atoms with Crippen LogP contribution in [0.2, 0.25) is 0 Å². The van der Waals surface area contributed by atoms with Gasteiger partial charge in [-0.2, -0.15) is 0 Å². The topological polar surface area (TPSA) is 89.5 Å². The van der Waals surface area contributed by atoms with Crippen molar-refractivity contribution in [3.63, 3.8) is 0 Å². The number of hydrogen-bond donors (Lipinski definition) is 1. The minimum absolute atomic E-state index is 0.0658. The number of benzene rings is 2. The average Bonchev–Trinajstić information content (AvgIpc) is 2.67. The molecule has 144 valence electrons. The first kappa shape index (κ1) is 20.5. The molecule has 6 nitrogen and oxygen atoms in total. The maximum Gasteiger partial charge on any atom is 0.328 e. The van der Waals surface area contributed by atoms with Crippen LogP contribution in [0.4, 0.5) is 8.78 Å². The van der Waals surface area contributed by atoms with Gasteiger partial charge in [0.2, 0.25) is 0 Å². The zero-order valence-corrected chi connectivity index (χ0v) is 15.1. The van der Waals surface area contributed by atoms with Gasteiger partial charge < -0.3 is 10.1 Å². The predicted molar refractivity (Wildman–Crippen MR) is 92.7 cm³/mol. The van der Waals surface area contributed by atoms with Gasteiger partial charge in [0.25, 0.3) is 5.91 Å². The summed E-state index contributed by atoms with van der Waals surface area (Å²) in [5, 5.41) is 2.19. The average molecular weight is 397 g/mol. The van der Waals surface area contributed by atoms with E-state index in [9.17, 15) is 26.8 Å². The number of rotatable bonds is 7. The molecular formula is C18H17F2NO5S. The van der Waals surface area contributed by atoms with Gasteiger partial charge in [0, 0.05) is 0 Å². The van der Waals surface area contributed by atoms with Crippen molar-refractivity contribution in [1.29, 1.82) is 0 Å². The molecule has 0 aliphatic rings. The molecule has 0 aliphatic heterocycles. The normalized spacial score (nSPS) is 12.3. The maximum atomic E-state index is 13.7. The standard InChI is InChI=1S/C18H17F2NO5S/c1-26-18(23)15(10-11-27(24,25)12-6-3-2-4-7-12)21-17(22)13-8-5-9-14(19)16(13)20/h2-9,15H,10-11H2,1H3,(H,21,22)/t15-/m0/s1. The summed E-state index contributed by atoms with van der Waals surface area (Å²) >= 11 is 0. The van der Waals surface area contributed by atoms with Gasteiger partial charge in [0.05, 0.1) is 23.3 Å². The molecule has 1 N–H and O–H groups in total. The van der Waals surface area contributed by atoms with Crippen LogP contribution in [0.1, 0.15) is 16.8 Å². The maximum absolute atomic E-state index is 13.7. The number of halogens is 2. The van der Waals surface area contributed by atoms with E-state index in [0.29, 0.717) is 0 Å². The Kier molecular flexibility index (Phi) is 6.62. The lowest BCUT2D eigenvalue weighted by atomic mass is 10.1. The van der Waals surface area contributed by atoms with Crippen molar-refractivity contribution in [2.75, 3.05) is 12.9 Å². The van der Waals surface area contributed by atoms with Crippen molar-refractivity contribution < 1.29 is 31.5 Å². The Morgan fingerprint density at radius 2 is 1.74 bits per heavy atom. The number of ether oxygens (including phenoxy) is 1. The first-order chi connectivity index (χ1) is 12.8. The number of sulfone groups is 1. The monoisotopic (exact) mass is 397 g/mol. The van der Waals surface area contributed by atoms with Crippen molar-refractivity contribution in [1.82, 2.24) is 5.32 Å². The van der Waals surface area contributed by atoms with Gasteiger partial charge in [-0.05, 0) is 30.7 Å². The third kappa shape index (κ3) is 5.10. The third-order valence-electron chi connectivity index (χ3n) is 3.76. The Hall–Kier alpha value is -2.81. The molecule has 0 aliphatic carbocycles. The van der Waals surface area contributed by atoms with Crippen LogP contribution in [0.5, 0.6) is 0 Å². The van der Waals surface area contributed by atoms with Crippen LogP contribution < -0.4 is 5.32 Å². The van der Waals surface area contributed by atoms with Crippen molar-refractivity contribution in [2.45, 2.75) is 17.4 Å². The number of methoxy groups -OCH3 is 1. The lowest BCUT2D eigenvalue weighted by Crippen LogP contribution is -2.43. The predicted octanol–water partition coefficient (Wildman–Crippen LogP) is 2.10. The Balaban J connectivity index is 2.15. The van der Waals surface area contributed by atoms with Gasteiger partial charge in [-0.3, -0.25) is 4.79 Å². The molecule has 2 aromatic carbocycles. The van der Waals surface area contributed by atoms with Crippen molar-refractivity contribution >= 4 is 21.7 Å². The number of carbonyl (C=O) groups is 2. The summed E-state index contributed by atoms with van der Waals surface area (Å²) in [6, 6.07) is 9.26. The van der Waals surface area contributed by atoms with Gasteiger partial charge in [-0.1, -0.05) is 24.3 Å². The van der Waals surface area contributed by atoms with Crippen LogP contribution in [0.15, 0.2) is 53.4 Å². The fourth-order valence-electron chi connectivity index (χ4n) is 2.33. The van der Waals surface area contributed by atoms with E-state index < -0.39 is 50.7 Å². The molecule has 27 heavy (non-hydrogen) atoms. The van der Waals surface area contributed by atoms with E-state index >= 15 is 0 Å². The van der Waals surface area contributed by atoms with E-state index in [1.165, 1.54) is 12.1 Å². The lowest BCUT2D eigenvalue weighted by Gasteiger charge is -2.17. The highest BCUT2D eigenvalue weighted by molar-refractivity contribution is 7.91. The van der Waals surface area contributed by atoms with Crippen LogP contribution >= 0.6 is 0 Å². The highest BCUT2D eigenvalue weighted by atomic mass is 32.2. The summed E-state index contributed by atoms with van der Waals surface area (Å²) < 4.78 is 56.2. The zero-order valence-electron chi connectivity index (χ0n) is 14.3. The highest BCUT2D eigenvalue weighted by Gasteiger charge is 2.27. The molecule has 0 spiro atoms. The van der Waals surface area contributed by atoms with Crippen LogP contribution in [0.3, 0.4) is 0 Å². The van der Waals surface area contributed by atoms with Crippen LogP contribution in [0.25, 0.3) is 0 Å². The summed E-state index contributed by atoms with van der Waals surface area (Å²) in [5.41, 5.74) is -0.602. The Morgan fingerprint density at radius 1 is 1.07 bits per heavy atom. The van der Waals surface area contributed by atoms with E-state index in [4.69, 9.17) is 0 Å². The highest BCUT2D eigenvalue weighted by Crippen LogP contribution is 2.14. The van der Waals surface area contributed by atoms with Crippen molar-refractivity contribution in [3.05, 3.63) is 65.7 Å². The second-order valence-electron chi connectivity index (χ2n) is 5.57. The van der Waals surface area contributed by atoms with E-state index in [2.05, 4.69) is 10.1 Å². The van der Waals surface area contributed by atoms with E-state index in [1.54, 1.807) is 18.2 Å². The number of amides is 1. The first-order valence-corrected chi connectivity index (χ1v) is 9.52. The molecule has 0 bridgehead atoms. The van der Waals surface area contributed by atoms with Crippen LogP contribution in [-0.4, -0.2) is 39.2 Å². The van der Waals surface area contributed by atoms with Crippen LogP contribution in [-0.2, 0) is 19.4 Å². The number of carbonyl (C=O) groups excluding carboxylic acids is 2. The first-order valence-electron chi connectivity index (χ1n) is 7.87. The van der Waals surface area contributed by atoms with Gasteiger partial charge in [0.15, 0.2) is 21.5 Å². The summed E-state index contributed by atoms with van der Waals surface area (Å²) in [5.74, 6) is -5.00. The third-order valence-corrected chi connectivity index (χ3v) is 5.53. The molecule has 0 saturated carbocycles. The van der Waals surface area contributed by atoms with Crippen molar-refractivity contribution in [3.8, 4) is 0 Å². The number of nitrogens with one attached hydrogen (secondary N) is 1. The van der Waals surface area contributed by atoms with Crippen LogP contribution in [0, 0.1) is 11.6 Å².